The maximum absolute atomic E-state index is 12.2. The Kier molecular flexibility index (Phi) is 4.41. The van der Waals surface area contributed by atoms with Crippen LogP contribution in [-0.2, 0) is 10.0 Å². The first-order valence-corrected chi connectivity index (χ1v) is 7.74. The highest BCUT2D eigenvalue weighted by molar-refractivity contribution is 7.90. The molecule has 0 atom stereocenters. The van der Waals surface area contributed by atoms with Gasteiger partial charge in [-0.1, -0.05) is 35.4 Å². The SMILES string of the molecule is O=S(=O)(N=C1C=CC(=C([O-])[O-])C=C1)c1cc(Cl)ccc1Cl. The number of rotatable bonds is 2. The molecule has 1 aromatic rings. The van der Waals surface area contributed by atoms with Crippen LogP contribution in [0.5, 0.6) is 0 Å². The molecule has 0 saturated heterocycles. The van der Waals surface area contributed by atoms with Gasteiger partial charge in [0.05, 0.1) is 10.7 Å². The molecular formula is C13H7Cl2NO4S-2. The number of hydrogen-bond acceptors (Lipinski definition) is 4. The van der Waals surface area contributed by atoms with Crippen LogP contribution in [0.2, 0.25) is 10.0 Å². The second kappa shape index (κ2) is 5.93. The minimum atomic E-state index is -4.05. The van der Waals surface area contributed by atoms with Crippen molar-refractivity contribution >= 4 is 38.9 Å². The first-order chi connectivity index (χ1) is 9.79. The van der Waals surface area contributed by atoms with Crippen molar-refractivity contribution in [3.05, 3.63) is 64.1 Å². The van der Waals surface area contributed by atoms with E-state index < -0.39 is 16.0 Å². The Labute approximate surface area is 131 Å². The highest BCUT2D eigenvalue weighted by Gasteiger charge is 2.18. The van der Waals surface area contributed by atoms with Gasteiger partial charge in [-0.15, -0.1) is 0 Å². The van der Waals surface area contributed by atoms with Crippen molar-refractivity contribution in [1.82, 2.24) is 0 Å². The van der Waals surface area contributed by atoms with E-state index in [-0.39, 0.29) is 26.2 Å². The molecule has 0 spiro atoms. The third-order valence-corrected chi connectivity index (χ3v) is 4.52. The van der Waals surface area contributed by atoms with Gasteiger partial charge in [0.25, 0.3) is 10.0 Å². The molecule has 110 valence electrons. The summed E-state index contributed by atoms with van der Waals surface area (Å²) in [6.07, 6.45) is 4.90. The third kappa shape index (κ3) is 3.66. The van der Waals surface area contributed by atoms with Gasteiger partial charge in [-0.2, -0.15) is 18.8 Å². The molecule has 0 amide bonds. The summed E-state index contributed by atoms with van der Waals surface area (Å²) in [5, 5.41) is 21.4. The molecule has 1 aromatic carbocycles. The van der Waals surface area contributed by atoms with E-state index in [9.17, 15) is 18.6 Å². The lowest BCUT2D eigenvalue weighted by atomic mass is 10.1. The van der Waals surface area contributed by atoms with Crippen molar-refractivity contribution in [2.75, 3.05) is 0 Å². The van der Waals surface area contributed by atoms with E-state index in [2.05, 4.69) is 4.40 Å². The van der Waals surface area contributed by atoms with Crippen molar-refractivity contribution in [3.63, 3.8) is 0 Å². The fraction of sp³-hybridized carbons (Fsp3) is 0. The van der Waals surface area contributed by atoms with E-state index in [0.717, 1.165) is 0 Å². The van der Waals surface area contributed by atoms with E-state index in [1.807, 2.05) is 0 Å². The molecule has 0 aromatic heterocycles. The largest absolute Gasteiger partial charge is 0.884 e. The predicted octanol–water partition coefficient (Wildman–Crippen LogP) is 1.18. The van der Waals surface area contributed by atoms with Crippen LogP contribution >= 0.6 is 23.2 Å². The number of sulfonamides is 1. The highest BCUT2D eigenvalue weighted by Crippen LogP contribution is 2.26. The number of hydrogen-bond donors (Lipinski definition) is 0. The molecular weight excluding hydrogens is 337 g/mol. The van der Waals surface area contributed by atoms with Gasteiger partial charge in [-0.25, -0.2) is 0 Å². The Balaban J connectivity index is 2.42. The van der Waals surface area contributed by atoms with Crippen LogP contribution in [0.1, 0.15) is 0 Å². The molecule has 0 heterocycles. The minimum Gasteiger partial charge on any atom is -0.884 e. The molecule has 0 aliphatic heterocycles. The summed E-state index contributed by atoms with van der Waals surface area (Å²) < 4.78 is 27.9. The van der Waals surface area contributed by atoms with Crippen molar-refractivity contribution in [2.24, 2.45) is 4.40 Å². The van der Waals surface area contributed by atoms with Gasteiger partial charge in [0, 0.05) is 5.02 Å². The predicted molar refractivity (Wildman–Crippen MR) is 76.4 cm³/mol. The van der Waals surface area contributed by atoms with E-state index in [1.54, 1.807) is 0 Å². The maximum atomic E-state index is 12.2. The lowest BCUT2D eigenvalue weighted by Crippen LogP contribution is -2.20. The van der Waals surface area contributed by atoms with Gasteiger partial charge in [0.1, 0.15) is 4.90 Å². The fourth-order valence-electron chi connectivity index (χ4n) is 1.52. The quantitative estimate of drug-likeness (QED) is 0.753. The average Bonchev–Trinajstić information content (AvgIpc) is 2.41. The Morgan fingerprint density at radius 3 is 2.24 bits per heavy atom. The Morgan fingerprint density at radius 2 is 1.67 bits per heavy atom. The van der Waals surface area contributed by atoms with Gasteiger partial charge < -0.3 is 10.2 Å². The molecule has 0 N–H and O–H groups in total. The van der Waals surface area contributed by atoms with E-state index in [4.69, 9.17) is 23.2 Å². The summed E-state index contributed by atoms with van der Waals surface area (Å²) in [6.45, 7) is 0. The lowest BCUT2D eigenvalue weighted by Gasteiger charge is -2.21. The van der Waals surface area contributed by atoms with Crippen molar-refractivity contribution in [1.29, 1.82) is 0 Å². The van der Waals surface area contributed by atoms with Crippen molar-refractivity contribution in [3.8, 4) is 0 Å². The van der Waals surface area contributed by atoms with Gasteiger partial charge in [-0.05, 0) is 35.9 Å². The van der Waals surface area contributed by atoms with Gasteiger partial charge in [-0.3, -0.25) is 0 Å². The summed E-state index contributed by atoms with van der Waals surface area (Å²) in [5.41, 5.74) is -0.0109. The number of nitrogens with zero attached hydrogens (tertiary/aromatic N) is 1. The molecule has 2 rings (SSSR count). The van der Waals surface area contributed by atoms with E-state index in [0.29, 0.717) is 0 Å². The first kappa shape index (κ1) is 15.6. The normalized spacial score (nSPS) is 14.4. The summed E-state index contributed by atoms with van der Waals surface area (Å²) in [6, 6.07) is 4.00. The molecule has 1 aliphatic rings. The van der Waals surface area contributed by atoms with Crippen LogP contribution in [0.15, 0.2) is 63.3 Å². The first-order valence-electron chi connectivity index (χ1n) is 5.54. The van der Waals surface area contributed by atoms with Crippen LogP contribution in [0, 0.1) is 0 Å². The molecule has 5 nitrogen and oxygen atoms in total. The topological polar surface area (TPSA) is 92.6 Å². The Hall–Kier alpha value is -1.76. The zero-order valence-electron chi connectivity index (χ0n) is 10.3. The van der Waals surface area contributed by atoms with Gasteiger partial charge in [0.15, 0.2) is 0 Å². The Morgan fingerprint density at radius 1 is 1.05 bits per heavy atom. The smallest absolute Gasteiger partial charge is 0.284 e. The molecule has 21 heavy (non-hydrogen) atoms. The molecule has 0 radical (unpaired) electrons. The van der Waals surface area contributed by atoms with Crippen LogP contribution in [0.3, 0.4) is 0 Å². The summed E-state index contributed by atoms with van der Waals surface area (Å²) in [7, 11) is -4.05. The highest BCUT2D eigenvalue weighted by atomic mass is 35.5. The zero-order chi connectivity index (χ0) is 15.6. The summed E-state index contributed by atoms with van der Waals surface area (Å²) in [4.78, 5) is -0.222. The van der Waals surface area contributed by atoms with Crippen LogP contribution in [0.25, 0.3) is 0 Å². The van der Waals surface area contributed by atoms with Crippen LogP contribution in [-0.4, -0.2) is 14.1 Å². The molecule has 0 bridgehead atoms. The van der Waals surface area contributed by atoms with Crippen molar-refractivity contribution < 1.29 is 18.6 Å². The van der Waals surface area contributed by atoms with Gasteiger partial charge in [0.2, 0.25) is 0 Å². The van der Waals surface area contributed by atoms with Crippen molar-refractivity contribution in [2.45, 2.75) is 4.90 Å². The second-order valence-electron chi connectivity index (χ2n) is 3.98. The zero-order valence-corrected chi connectivity index (χ0v) is 12.6. The standard InChI is InChI=1S/C13H9Cl2NO4S/c14-9-3-6-11(15)12(7-9)21(19,20)16-10-4-1-8(2-5-10)13(17)18/h1-7,17-18H/p-2. The molecule has 0 saturated carbocycles. The number of allylic oxidation sites excluding steroid dienone is 5. The molecule has 0 fully saturated rings. The van der Waals surface area contributed by atoms with Crippen LogP contribution in [0.4, 0.5) is 0 Å². The Bertz CT molecular complexity index is 785. The summed E-state index contributed by atoms with van der Waals surface area (Å²) in [5.74, 6) is -1.36. The molecule has 1 aliphatic carbocycles. The minimum absolute atomic E-state index is 0.00509. The lowest BCUT2D eigenvalue weighted by molar-refractivity contribution is -0.514. The van der Waals surface area contributed by atoms with E-state index >= 15 is 0 Å². The van der Waals surface area contributed by atoms with Gasteiger partial charge >= 0.3 is 0 Å². The van der Waals surface area contributed by atoms with Crippen LogP contribution < -0.4 is 10.2 Å². The van der Waals surface area contributed by atoms with E-state index in [1.165, 1.54) is 42.5 Å². The average molecular weight is 344 g/mol. The molecule has 0 unspecified atom stereocenters. The monoisotopic (exact) mass is 343 g/mol. The maximum Gasteiger partial charge on any atom is 0.284 e. The third-order valence-electron chi connectivity index (χ3n) is 2.50. The summed E-state index contributed by atoms with van der Waals surface area (Å²) >= 11 is 11.6. The fourth-order valence-corrected chi connectivity index (χ4v) is 3.26. The molecule has 8 heteroatoms. The number of halogens is 2. The number of benzene rings is 1. The second-order valence-corrected chi connectivity index (χ2v) is 6.39.